The van der Waals surface area contributed by atoms with Crippen LogP contribution in [0, 0.1) is 0 Å². The highest BCUT2D eigenvalue weighted by Gasteiger charge is 2.42. The number of rotatable bonds is 4. The van der Waals surface area contributed by atoms with Crippen molar-refractivity contribution in [3.05, 3.63) is 11.5 Å². The van der Waals surface area contributed by atoms with Crippen LogP contribution in [0.2, 0.25) is 0 Å². The van der Waals surface area contributed by atoms with E-state index in [1.807, 2.05) is 0 Å². The number of cyclic esters (lactones) is 1. The van der Waals surface area contributed by atoms with Gasteiger partial charge in [0.25, 0.3) is 5.76 Å². The fourth-order valence-corrected chi connectivity index (χ4v) is 1.42. The van der Waals surface area contributed by atoms with Gasteiger partial charge in [-0.15, -0.1) is 0 Å². The molecule has 98 valence electrons. The van der Waals surface area contributed by atoms with Gasteiger partial charge in [-0.1, -0.05) is 0 Å². The lowest BCUT2D eigenvalue weighted by Gasteiger charge is -2.13. The summed E-state index contributed by atoms with van der Waals surface area (Å²) in [4.78, 5) is 27.8. The first kappa shape index (κ1) is 25.2. The van der Waals surface area contributed by atoms with Crippen molar-refractivity contribution in [2.24, 2.45) is 0 Å². The Balaban J connectivity index is -0.000000853. The molecule has 1 aliphatic rings. The molecule has 9 nitrogen and oxygen atoms in total. The lowest BCUT2D eigenvalue weighted by Crippen LogP contribution is -2.31. The summed E-state index contributed by atoms with van der Waals surface area (Å²) >= 11 is 0. The minimum absolute atomic E-state index is 0. The molecule has 0 aromatic rings. The van der Waals surface area contributed by atoms with Crippen molar-refractivity contribution in [1.29, 1.82) is 0 Å². The normalized spacial score (nSPS) is 19.6. The Hall–Kier alpha value is 1.18. The molecule has 13 heteroatoms. The predicted molar refractivity (Wildman–Crippen MR) is 63.0 cm³/mol. The maximum atomic E-state index is 11.0. The second-order valence-electron chi connectivity index (χ2n) is 2.87. The van der Waals surface area contributed by atoms with Crippen LogP contribution in [-0.2, 0) is 18.6 Å². The fraction of sp³-hybridized carbons (Fsp3) is 0.500. The van der Waals surface area contributed by atoms with Crippen LogP contribution in [0.3, 0.4) is 0 Å². The van der Waals surface area contributed by atoms with Crippen LogP contribution in [-0.4, -0.2) is 119 Å². The van der Waals surface area contributed by atoms with Crippen LogP contribution in [0.5, 0.6) is 0 Å². The van der Waals surface area contributed by atoms with E-state index in [1.165, 1.54) is 0 Å². The molecule has 0 bridgehead atoms. The van der Waals surface area contributed by atoms with Crippen molar-refractivity contribution >= 4 is 83.0 Å². The Morgan fingerprint density at radius 1 is 1.32 bits per heavy atom. The summed E-state index contributed by atoms with van der Waals surface area (Å²) in [6, 6.07) is 0. The second kappa shape index (κ2) is 10.00. The van der Waals surface area contributed by atoms with E-state index >= 15 is 0 Å². The van der Waals surface area contributed by atoms with Gasteiger partial charge in [-0.2, -0.15) is 0 Å². The molecular weight excluding hydrogens is 320 g/mol. The molecule has 0 aliphatic carbocycles. The van der Waals surface area contributed by atoms with E-state index in [2.05, 4.69) is 9.26 Å². The topological polar surface area (TPSA) is 154 Å². The van der Waals surface area contributed by atoms with Crippen molar-refractivity contribution in [2.75, 3.05) is 6.61 Å². The Bertz CT molecular complexity index is 380. The van der Waals surface area contributed by atoms with E-state index < -0.39 is 44.1 Å². The molecular formula is C6H9Mg3O9P. The maximum absolute atomic E-state index is 11.0. The number of hydrogen-bond acceptors (Lipinski definition) is 7. The Morgan fingerprint density at radius 3 is 2.16 bits per heavy atom. The Morgan fingerprint density at radius 2 is 1.79 bits per heavy atom. The first-order chi connectivity index (χ1) is 7.26. The summed E-state index contributed by atoms with van der Waals surface area (Å²) in [5.41, 5.74) is 0. The molecule has 5 N–H and O–H groups in total. The van der Waals surface area contributed by atoms with Crippen molar-refractivity contribution in [3.8, 4) is 0 Å². The zero-order valence-corrected chi connectivity index (χ0v) is 14.9. The van der Waals surface area contributed by atoms with Crippen LogP contribution >= 0.6 is 7.82 Å². The summed E-state index contributed by atoms with van der Waals surface area (Å²) in [6.45, 7) is -0.814. The SMILES string of the molecule is O=C1O[C@@H]([C@H](O)CO)C(O)=C1OP(=O)(O)O.[Mg].[Mg].[Mg]. The molecule has 1 heterocycles. The van der Waals surface area contributed by atoms with Gasteiger partial charge in [0.2, 0.25) is 0 Å². The minimum atomic E-state index is -5.02. The van der Waals surface area contributed by atoms with Gasteiger partial charge in [-0.3, -0.25) is 9.79 Å². The molecule has 0 saturated heterocycles. The lowest BCUT2D eigenvalue weighted by atomic mass is 10.2. The van der Waals surface area contributed by atoms with E-state index in [0.717, 1.165) is 0 Å². The zero-order chi connectivity index (χ0) is 12.5. The Kier molecular flexibility index (Phi) is 13.2. The molecule has 6 radical (unpaired) electrons. The molecule has 0 spiro atoms. The van der Waals surface area contributed by atoms with Crippen molar-refractivity contribution < 1.29 is 43.7 Å². The van der Waals surface area contributed by atoms with E-state index in [-0.39, 0.29) is 69.2 Å². The molecule has 1 rings (SSSR count). The smallest absolute Gasteiger partial charge is 0.505 e. The fourth-order valence-electron chi connectivity index (χ4n) is 1.02. The number of carbonyl (C=O) groups is 1. The highest BCUT2D eigenvalue weighted by molar-refractivity contribution is 7.46. The lowest BCUT2D eigenvalue weighted by molar-refractivity contribution is -0.147. The van der Waals surface area contributed by atoms with Crippen LogP contribution in [0.4, 0.5) is 0 Å². The molecule has 1 aliphatic heterocycles. The summed E-state index contributed by atoms with van der Waals surface area (Å²) in [7, 11) is -5.02. The molecule has 0 amide bonds. The average molecular weight is 329 g/mol. The molecule has 0 unspecified atom stereocenters. The van der Waals surface area contributed by atoms with Crippen molar-refractivity contribution in [1.82, 2.24) is 0 Å². The van der Waals surface area contributed by atoms with Gasteiger partial charge in [0.05, 0.1) is 6.61 Å². The standard InChI is InChI=1S/C6H9O9P.3Mg/c7-1-2(8)4-3(9)5(6(10)14-4)15-16(11,12)13;;;/h2,4,7-9H,1H2,(H2,11,12,13);;;/t2-,4+;;;/m1.../s1. The largest absolute Gasteiger partial charge is 0.525 e. The van der Waals surface area contributed by atoms with E-state index in [4.69, 9.17) is 20.0 Å². The second-order valence-corrected chi connectivity index (χ2v) is 4.04. The number of esters is 1. The highest BCUT2D eigenvalue weighted by atomic mass is 31.2. The minimum Gasteiger partial charge on any atom is -0.505 e. The molecule has 0 aromatic carbocycles. The number of phosphoric acid groups is 1. The third kappa shape index (κ3) is 7.13. The number of carbonyl (C=O) groups excluding carboxylic acids is 1. The first-order valence-electron chi connectivity index (χ1n) is 3.94. The number of aliphatic hydroxyl groups excluding tert-OH is 3. The van der Waals surface area contributed by atoms with Gasteiger partial charge in [-0.25, -0.2) is 9.36 Å². The third-order valence-electron chi connectivity index (χ3n) is 1.67. The molecule has 19 heavy (non-hydrogen) atoms. The Labute approximate surface area is 156 Å². The molecule has 0 aromatic heterocycles. The van der Waals surface area contributed by atoms with Gasteiger partial charge in [-0.05, 0) is 0 Å². The highest BCUT2D eigenvalue weighted by Crippen LogP contribution is 2.42. The quantitative estimate of drug-likeness (QED) is 0.206. The summed E-state index contributed by atoms with van der Waals surface area (Å²) in [6.07, 6.45) is -3.21. The number of hydrogen-bond donors (Lipinski definition) is 5. The molecule has 0 fully saturated rings. The van der Waals surface area contributed by atoms with Crippen LogP contribution < -0.4 is 0 Å². The summed E-state index contributed by atoms with van der Waals surface area (Å²) < 4.78 is 18.7. The van der Waals surface area contributed by atoms with Crippen molar-refractivity contribution in [2.45, 2.75) is 12.2 Å². The number of ether oxygens (including phenoxy) is 1. The van der Waals surface area contributed by atoms with Crippen LogP contribution in [0.1, 0.15) is 0 Å². The first-order valence-corrected chi connectivity index (χ1v) is 5.47. The third-order valence-corrected chi connectivity index (χ3v) is 2.09. The summed E-state index contributed by atoms with van der Waals surface area (Å²) in [5, 5.41) is 26.9. The van der Waals surface area contributed by atoms with Crippen LogP contribution in [0.25, 0.3) is 0 Å². The molecule has 0 saturated carbocycles. The van der Waals surface area contributed by atoms with Gasteiger partial charge in [0, 0.05) is 69.2 Å². The van der Waals surface area contributed by atoms with E-state index in [0.29, 0.717) is 0 Å². The van der Waals surface area contributed by atoms with Gasteiger partial charge in [0.15, 0.2) is 11.9 Å². The van der Waals surface area contributed by atoms with Gasteiger partial charge >= 0.3 is 13.8 Å². The monoisotopic (exact) mass is 328 g/mol. The van der Waals surface area contributed by atoms with Gasteiger partial charge in [0.1, 0.15) is 6.10 Å². The average Bonchev–Trinajstić information content (AvgIpc) is 2.42. The number of aliphatic hydroxyl groups is 3. The zero-order valence-electron chi connectivity index (χ0n) is 9.80. The predicted octanol–water partition coefficient (Wildman–Crippen LogP) is -3.00. The van der Waals surface area contributed by atoms with Crippen molar-refractivity contribution in [3.63, 3.8) is 0 Å². The van der Waals surface area contributed by atoms with Crippen LogP contribution in [0.15, 0.2) is 11.5 Å². The van der Waals surface area contributed by atoms with E-state index in [9.17, 15) is 14.5 Å². The maximum Gasteiger partial charge on any atom is 0.525 e. The van der Waals surface area contributed by atoms with Gasteiger partial charge < -0.3 is 24.6 Å². The van der Waals surface area contributed by atoms with E-state index in [1.54, 1.807) is 0 Å². The summed E-state index contributed by atoms with van der Waals surface area (Å²) in [5.74, 6) is -3.39. The number of phosphoric ester groups is 1. The molecule has 2 atom stereocenters.